The summed E-state index contributed by atoms with van der Waals surface area (Å²) in [6.45, 7) is 10.3. The van der Waals surface area contributed by atoms with Crippen LogP contribution < -0.4 is 42.1 Å². The summed E-state index contributed by atoms with van der Waals surface area (Å²) < 4.78 is 5.38. The zero-order valence-corrected chi connectivity index (χ0v) is 40.0. The molecule has 11 N–H and O–H groups in total. The summed E-state index contributed by atoms with van der Waals surface area (Å²) in [4.78, 5) is 156. The van der Waals surface area contributed by atoms with Crippen molar-refractivity contribution in [3.05, 3.63) is 30.3 Å². The van der Waals surface area contributed by atoms with Crippen molar-refractivity contribution in [1.29, 1.82) is 0 Å². The van der Waals surface area contributed by atoms with Gasteiger partial charge >= 0.3 is 24.0 Å². The molecule has 0 bridgehead atoms. The first-order valence-electron chi connectivity index (χ1n) is 22.5. The van der Waals surface area contributed by atoms with Crippen molar-refractivity contribution < 1.29 is 82.7 Å². The van der Waals surface area contributed by atoms with Gasteiger partial charge in [-0.3, -0.25) is 58.2 Å². The highest BCUT2D eigenvalue weighted by atomic mass is 16.6. The Morgan fingerprint density at radius 3 is 1.67 bits per heavy atom. The van der Waals surface area contributed by atoms with Crippen molar-refractivity contribution in [2.24, 2.45) is 11.8 Å². The molecule has 1 aromatic rings. The average Bonchev–Trinajstić information content (AvgIpc) is 3.76. The van der Waals surface area contributed by atoms with Gasteiger partial charge in [0.25, 0.3) is 5.91 Å². The second-order valence-corrected chi connectivity index (χ2v) is 17.2. The fourth-order valence-electron chi connectivity index (χ4n) is 7.04. The third-order valence-corrected chi connectivity index (χ3v) is 10.6. The van der Waals surface area contributed by atoms with Crippen molar-refractivity contribution in [2.45, 2.75) is 142 Å². The monoisotopic (exact) mass is 991 g/mol. The first kappa shape index (κ1) is 58.7. The summed E-state index contributed by atoms with van der Waals surface area (Å²) >= 11 is 0. The number of aliphatic hydroxyl groups is 1. The lowest BCUT2D eigenvalue weighted by Crippen LogP contribution is -2.62. The molecule has 0 saturated carbocycles. The molecular formula is C44H65N9O17. The zero-order chi connectivity index (χ0) is 53.0. The van der Waals surface area contributed by atoms with E-state index in [0.29, 0.717) is 12.8 Å². The summed E-state index contributed by atoms with van der Waals surface area (Å²) in [7, 11) is 0. The number of carboxylic acid groups (broad SMARTS) is 3. The number of carbonyl (C=O) groups excluding carboxylic acids is 9. The number of aliphatic hydroxyl groups excluding tert-OH is 1. The second kappa shape index (κ2) is 28.2. The minimum absolute atomic E-state index is 0.0807. The molecule has 0 aliphatic carbocycles. The van der Waals surface area contributed by atoms with E-state index in [1.807, 2.05) is 0 Å². The Kier molecular flexibility index (Phi) is 23.7. The molecule has 1 aromatic carbocycles. The van der Waals surface area contributed by atoms with Gasteiger partial charge in [-0.25, -0.2) is 9.80 Å². The molecule has 26 heteroatoms. The lowest BCUT2D eigenvalue weighted by molar-refractivity contribution is -0.144. The first-order valence-corrected chi connectivity index (χ1v) is 22.5. The number of ether oxygens (including phenoxy) is 1. The van der Waals surface area contributed by atoms with Gasteiger partial charge < -0.3 is 62.0 Å². The second-order valence-electron chi connectivity index (χ2n) is 17.2. The molecule has 0 spiro atoms. The van der Waals surface area contributed by atoms with Gasteiger partial charge in [-0.05, 0) is 56.6 Å². The van der Waals surface area contributed by atoms with Crippen LogP contribution in [0, 0.1) is 11.8 Å². The zero-order valence-electron chi connectivity index (χ0n) is 40.0. The van der Waals surface area contributed by atoms with Crippen LogP contribution in [0.15, 0.2) is 30.3 Å². The number of amides is 9. The largest absolute Gasteiger partial charge is 0.481 e. The number of nitrogens with one attached hydrogen (secondary N) is 7. The maximum absolute atomic E-state index is 14.2. The number of hydrogen-bond donors (Lipinski definition) is 11. The number of carboxylic acids is 3. The molecule has 1 aliphatic rings. The molecule has 2 rings (SSSR count). The maximum Gasteiger partial charge on any atom is 0.434 e. The lowest BCUT2D eigenvalue weighted by Gasteiger charge is -2.33. The van der Waals surface area contributed by atoms with E-state index in [1.54, 1.807) is 51.1 Å². The fraction of sp³-hybridized carbons (Fsp3) is 0.591. The highest BCUT2D eigenvalue weighted by molar-refractivity contribution is 5.99. The first-order chi connectivity index (χ1) is 32.8. The molecule has 1 fully saturated rings. The summed E-state index contributed by atoms with van der Waals surface area (Å²) in [6.07, 6.45) is -5.02. The Labute approximate surface area is 403 Å². The fourth-order valence-corrected chi connectivity index (χ4v) is 7.04. The number of nitrogens with zero attached hydrogens (tertiary/aromatic N) is 2. The maximum atomic E-state index is 14.2. The Morgan fingerprint density at radius 2 is 1.17 bits per heavy atom. The Morgan fingerprint density at radius 1 is 0.671 bits per heavy atom. The third-order valence-electron chi connectivity index (χ3n) is 10.6. The SMILES string of the molecule is CCCN(NC(=O)[C@@H]1CCCN1C(=O)[C@@H](NC(=O)[C@@H](NC(=O)[C@H](CC(=O)O)NC(=O)[C@H](CCC(=O)O)NC(=O)[C@@H](NC(=O)[C@H](CC(=O)O)NC(C)=O)[C@@H](C)O)C(C)C)C(C)C)C(=O)Oc1ccccc1. The minimum Gasteiger partial charge on any atom is -0.481 e. The normalized spacial score (nSPS) is 16.1. The van der Waals surface area contributed by atoms with E-state index in [1.165, 1.54) is 18.7 Å². The summed E-state index contributed by atoms with van der Waals surface area (Å²) in [5.74, 6) is -13.8. The minimum atomic E-state index is -1.98. The van der Waals surface area contributed by atoms with Crippen LogP contribution in [0.25, 0.3) is 0 Å². The Balaban J connectivity index is 2.30. The van der Waals surface area contributed by atoms with E-state index in [2.05, 4.69) is 37.3 Å². The molecule has 0 aromatic heterocycles. The number of hydrazine groups is 1. The Hall–Kier alpha value is -7.38. The Bertz CT molecular complexity index is 2050. The van der Waals surface area contributed by atoms with E-state index in [9.17, 15) is 78.0 Å². The molecule has 1 heterocycles. The summed E-state index contributed by atoms with van der Waals surface area (Å²) in [6, 6.07) is -3.12. The van der Waals surface area contributed by atoms with Crippen LogP contribution in [-0.4, -0.2) is 163 Å². The topological polar surface area (TPSA) is 386 Å². The number of likely N-dealkylation sites (tertiary alicyclic amines) is 1. The van der Waals surface area contributed by atoms with Gasteiger partial charge in [0.05, 0.1) is 18.9 Å². The number of para-hydroxylation sites is 1. The van der Waals surface area contributed by atoms with Crippen LogP contribution in [0.3, 0.4) is 0 Å². The van der Waals surface area contributed by atoms with Crippen LogP contribution in [-0.2, 0) is 52.7 Å². The van der Waals surface area contributed by atoms with E-state index >= 15 is 0 Å². The molecule has 1 aliphatic heterocycles. The quantitative estimate of drug-likeness (QED) is 0.0464. The lowest BCUT2D eigenvalue weighted by atomic mass is 9.98. The predicted octanol–water partition coefficient (Wildman–Crippen LogP) is -1.64. The number of hydrogen-bond acceptors (Lipinski definition) is 14. The smallest absolute Gasteiger partial charge is 0.434 e. The molecule has 0 unspecified atom stereocenters. The van der Waals surface area contributed by atoms with Gasteiger partial charge in [0.15, 0.2) is 0 Å². The predicted molar refractivity (Wildman–Crippen MR) is 242 cm³/mol. The van der Waals surface area contributed by atoms with Crippen LogP contribution >= 0.6 is 0 Å². The number of aliphatic carboxylic acids is 3. The molecular weight excluding hydrogens is 927 g/mol. The number of benzene rings is 1. The molecule has 0 radical (unpaired) electrons. The van der Waals surface area contributed by atoms with Gasteiger partial charge in [-0.15, -0.1) is 0 Å². The van der Waals surface area contributed by atoms with E-state index in [-0.39, 0.29) is 25.3 Å². The van der Waals surface area contributed by atoms with Gasteiger partial charge in [0, 0.05) is 26.4 Å². The molecule has 9 amide bonds. The van der Waals surface area contributed by atoms with Crippen molar-refractivity contribution in [3.63, 3.8) is 0 Å². The molecule has 388 valence electrons. The van der Waals surface area contributed by atoms with Crippen molar-refractivity contribution in [1.82, 2.24) is 47.2 Å². The summed E-state index contributed by atoms with van der Waals surface area (Å²) in [5.41, 5.74) is 2.54. The van der Waals surface area contributed by atoms with E-state index in [0.717, 1.165) is 18.9 Å². The summed E-state index contributed by atoms with van der Waals surface area (Å²) in [5, 5.41) is 53.1. The van der Waals surface area contributed by atoms with Gasteiger partial charge in [-0.1, -0.05) is 52.8 Å². The third kappa shape index (κ3) is 19.0. The average molecular weight is 992 g/mol. The van der Waals surface area contributed by atoms with E-state index in [4.69, 9.17) is 4.74 Å². The van der Waals surface area contributed by atoms with Crippen molar-refractivity contribution >= 4 is 71.3 Å². The number of carbonyl (C=O) groups is 12. The van der Waals surface area contributed by atoms with Gasteiger partial charge in [-0.2, -0.15) is 0 Å². The van der Waals surface area contributed by atoms with Crippen molar-refractivity contribution in [3.8, 4) is 5.75 Å². The number of rotatable bonds is 26. The van der Waals surface area contributed by atoms with Crippen molar-refractivity contribution in [2.75, 3.05) is 13.1 Å². The molecule has 8 atom stereocenters. The molecule has 26 nitrogen and oxygen atoms in total. The van der Waals surface area contributed by atoms with Gasteiger partial charge in [0.1, 0.15) is 48.0 Å². The molecule has 70 heavy (non-hydrogen) atoms. The van der Waals surface area contributed by atoms with Crippen LogP contribution in [0.5, 0.6) is 5.75 Å². The van der Waals surface area contributed by atoms with Crippen LogP contribution in [0.2, 0.25) is 0 Å². The van der Waals surface area contributed by atoms with Crippen LogP contribution in [0.4, 0.5) is 4.79 Å². The molecule has 1 saturated heterocycles. The van der Waals surface area contributed by atoms with Crippen LogP contribution in [0.1, 0.15) is 93.4 Å². The highest BCUT2D eigenvalue weighted by Crippen LogP contribution is 2.21. The standard InChI is InChI=1S/C44H65N9O17/c1-8-18-53(44(69)70-26-13-10-9-11-14-26)51-40(65)30-15-12-19-52(30)43(68)35(23(4)5)49-41(66)34(22(2)3)48-39(64)29(21-33(60)61)47-37(62)27(16-17-31(56)57)46-42(67)36(24(6)54)50-38(63)28(20-32(58)59)45-25(7)55/h9-11,13-14,22-24,27-30,34-36,54H,8,12,15-21H2,1-7H3,(H,45,55)(H,46,67)(H,47,62)(H,48,64)(H,49,66)(H,50,63)(H,51,65)(H,56,57)(H,58,59)(H,60,61)/t24-,27+,28+,29+,30+,34+,35+,36+/m1/s1. The highest BCUT2D eigenvalue weighted by Gasteiger charge is 2.41. The van der Waals surface area contributed by atoms with Gasteiger partial charge in [0.2, 0.25) is 41.4 Å². The van der Waals surface area contributed by atoms with E-state index < -0.39 is 157 Å².